The Morgan fingerprint density at radius 2 is 1.70 bits per heavy atom. The summed E-state index contributed by atoms with van der Waals surface area (Å²) in [5.41, 5.74) is 5.39. The van der Waals surface area contributed by atoms with Crippen LogP contribution in [-0.4, -0.2) is 24.1 Å². The van der Waals surface area contributed by atoms with Crippen LogP contribution in [0.5, 0.6) is 11.5 Å². The number of hydrogen-bond donors (Lipinski definition) is 2. The Hall–Kier alpha value is -3.73. The van der Waals surface area contributed by atoms with Crippen molar-refractivity contribution in [3.8, 4) is 22.6 Å². The van der Waals surface area contributed by atoms with Crippen molar-refractivity contribution >= 4 is 22.5 Å². The van der Waals surface area contributed by atoms with E-state index in [1.54, 1.807) is 0 Å². The van der Waals surface area contributed by atoms with Crippen molar-refractivity contribution in [1.29, 1.82) is 0 Å². The van der Waals surface area contributed by atoms with Gasteiger partial charge < -0.3 is 19.8 Å². The van der Waals surface area contributed by atoms with E-state index in [0.29, 0.717) is 13.2 Å². The van der Waals surface area contributed by atoms with E-state index < -0.39 is 0 Å². The minimum Gasteiger partial charge on any atom is -0.486 e. The SMILES string of the molecule is Cc1ccc(NC(=O)C2(C)CC2)cc1-c1ccc2[nH]ccc2c1.[HH].c1ccc2c(c1)OCCO2. The molecule has 0 unspecified atom stereocenters. The van der Waals surface area contributed by atoms with E-state index >= 15 is 0 Å². The Kier molecular flexibility index (Phi) is 5.55. The Balaban J connectivity index is 0.000000209. The van der Waals surface area contributed by atoms with Crippen molar-refractivity contribution < 1.29 is 15.7 Å². The Labute approximate surface area is 195 Å². The number of amides is 1. The van der Waals surface area contributed by atoms with E-state index in [9.17, 15) is 4.79 Å². The van der Waals surface area contributed by atoms with Crippen LogP contribution in [-0.2, 0) is 4.79 Å². The number of benzene rings is 3. The van der Waals surface area contributed by atoms with Crippen molar-refractivity contribution in [2.45, 2.75) is 26.7 Å². The molecule has 1 aliphatic carbocycles. The summed E-state index contributed by atoms with van der Waals surface area (Å²) in [6.07, 6.45) is 3.93. The van der Waals surface area contributed by atoms with Gasteiger partial charge in [-0.3, -0.25) is 4.79 Å². The summed E-state index contributed by atoms with van der Waals surface area (Å²) in [4.78, 5) is 15.5. The molecule has 33 heavy (non-hydrogen) atoms. The number of H-pyrrole nitrogens is 1. The van der Waals surface area contributed by atoms with Crippen LogP contribution < -0.4 is 14.8 Å². The number of ether oxygens (including phenoxy) is 2. The molecule has 1 amide bonds. The summed E-state index contributed by atoms with van der Waals surface area (Å²) in [5.74, 6) is 1.84. The van der Waals surface area contributed by atoms with E-state index in [1.807, 2.05) is 43.5 Å². The predicted molar refractivity (Wildman–Crippen MR) is 134 cm³/mol. The smallest absolute Gasteiger partial charge is 0.230 e. The molecule has 2 heterocycles. The van der Waals surface area contributed by atoms with Gasteiger partial charge in [0.25, 0.3) is 0 Å². The lowest BCUT2D eigenvalue weighted by Gasteiger charge is -2.17. The fourth-order valence-electron chi connectivity index (χ4n) is 3.92. The summed E-state index contributed by atoms with van der Waals surface area (Å²) in [5, 5.41) is 4.26. The predicted octanol–water partition coefficient (Wildman–Crippen LogP) is 6.59. The quantitative estimate of drug-likeness (QED) is 0.376. The Morgan fingerprint density at radius 1 is 0.970 bits per heavy atom. The molecule has 6 rings (SSSR count). The van der Waals surface area contributed by atoms with Crippen LogP contribution in [0.2, 0.25) is 0 Å². The number of carbonyl (C=O) groups is 1. The summed E-state index contributed by atoms with van der Waals surface area (Å²) < 4.78 is 10.6. The van der Waals surface area contributed by atoms with E-state index in [-0.39, 0.29) is 12.7 Å². The van der Waals surface area contributed by atoms with Gasteiger partial charge in [-0.25, -0.2) is 0 Å². The summed E-state index contributed by atoms with van der Waals surface area (Å²) in [7, 11) is 0. The molecule has 1 aliphatic heterocycles. The molecule has 3 aromatic carbocycles. The third-order valence-electron chi connectivity index (χ3n) is 6.36. The second-order valence-electron chi connectivity index (χ2n) is 8.97. The van der Waals surface area contributed by atoms with Crippen LogP contribution in [0.15, 0.2) is 72.9 Å². The zero-order chi connectivity index (χ0) is 22.8. The van der Waals surface area contributed by atoms with Gasteiger partial charge in [0.2, 0.25) is 5.91 Å². The topological polar surface area (TPSA) is 63.4 Å². The average molecular weight is 443 g/mol. The van der Waals surface area contributed by atoms with Crippen molar-refractivity contribution in [2.75, 3.05) is 18.5 Å². The number of aromatic nitrogens is 1. The molecule has 0 bridgehead atoms. The van der Waals surface area contributed by atoms with E-state index in [0.717, 1.165) is 41.1 Å². The molecule has 1 saturated carbocycles. The number of aryl methyl sites for hydroxylation is 1. The third-order valence-corrected chi connectivity index (χ3v) is 6.36. The number of hydrogen-bond acceptors (Lipinski definition) is 3. The number of nitrogens with one attached hydrogen (secondary N) is 2. The molecule has 1 fully saturated rings. The maximum atomic E-state index is 12.3. The van der Waals surface area contributed by atoms with Crippen molar-refractivity contribution in [3.05, 3.63) is 78.5 Å². The lowest BCUT2D eigenvalue weighted by molar-refractivity contribution is -0.120. The second-order valence-corrected chi connectivity index (χ2v) is 8.97. The van der Waals surface area contributed by atoms with Crippen LogP contribution >= 0.6 is 0 Å². The monoisotopic (exact) mass is 442 g/mol. The number of para-hydroxylation sites is 2. The molecule has 0 saturated heterocycles. The molecule has 5 heteroatoms. The average Bonchev–Trinajstić information content (AvgIpc) is 3.43. The largest absolute Gasteiger partial charge is 0.486 e. The van der Waals surface area contributed by atoms with Crippen molar-refractivity contribution in [1.82, 2.24) is 4.98 Å². The van der Waals surface area contributed by atoms with Gasteiger partial charge in [0.05, 0.1) is 0 Å². The first-order valence-electron chi connectivity index (χ1n) is 11.4. The highest BCUT2D eigenvalue weighted by Crippen LogP contribution is 2.45. The van der Waals surface area contributed by atoms with Crippen LogP contribution in [0.4, 0.5) is 5.69 Å². The van der Waals surface area contributed by atoms with Crippen LogP contribution in [0.25, 0.3) is 22.0 Å². The molecular formula is C28H30N2O3. The highest BCUT2D eigenvalue weighted by molar-refractivity contribution is 5.97. The molecule has 0 atom stereocenters. The van der Waals surface area contributed by atoms with Gasteiger partial charge in [-0.2, -0.15) is 0 Å². The van der Waals surface area contributed by atoms with Crippen LogP contribution in [0, 0.1) is 12.3 Å². The van der Waals surface area contributed by atoms with Gasteiger partial charge in [-0.1, -0.05) is 31.2 Å². The normalized spacial score (nSPS) is 15.3. The highest BCUT2D eigenvalue weighted by Gasteiger charge is 2.44. The first-order chi connectivity index (χ1) is 16.0. The summed E-state index contributed by atoms with van der Waals surface area (Å²) in [6, 6.07) is 22.3. The number of fused-ring (bicyclic) bond motifs is 2. The van der Waals surface area contributed by atoms with Crippen LogP contribution in [0.1, 0.15) is 26.8 Å². The van der Waals surface area contributed by atoms with E-state index in [2.05, 4.69) is 53.6 Å². The summed E-state index contributed by atoms with van der Waals surface area (Å²) >= 11 is 0. The van der Waals surface area contributed by atoms with Gasteiger partial charge >= 0.3 is 0 Å². The lowest BCUT2D eigenvalue weighted by Crippen LogP contribution is -2.21. The Morgan fingerprint density at radius 3 is 2.39 bits per heavy atom. The van der Waals surface area contributed by atoms with Gasteiger partial charge in [-0.15, -0.1) is 0 Å². The first kappa shape index (κ1) is 21.1. The maximum absolute atomic E-state index is 12.3. The molecule has 2 N–H and O–H groups in total. The van der Waals surface area contributed by atoms with Gasteiger partial charge in [0.15, 0.2) is 11.5 Å². The van der Waals surface area contributed by atoms with Gasteiger partial charge in [-0.05, 0) is 84.3 Å². The van der Waals surface area contributed by atoms with Crippen molar-refractivity contribution in [3.63, 3.8) is 0 Å². The fraction of sp³-hybridized carbons (Fsp3) is 0.250. The highest BCUT2D eigenvalue weighted by atomic mass is 16.6. The molecule has 0 radical (unpaired) electrons. The lowest BCUT2D eigenvalue weighted by atomic mass is 9.98. The minimum absolute atomic E-state index is 0. The van der Waals surface area contributed by atoms with Crippen molar-refractivity contribution in [2.24, 2.45) is 5.41 Å². The van der Waals surface area contributed by atoms with Gasteiger partial charge in [0.1, 0.15) is 13.2 Å². The van der Waals surface area contributed by atoms with E-state index in [1.165, 1.54) is 16.5 Å². The molecule has 2 aliphatic rings. The molecule has 5 nitrogen and oxygen atoms in total. The molecular weight excluding hydrogens is 412 g/mol. The second kappa shape index (κ2) is 8.66. The molecule has 4 aromatic rings. The number of carbonyl (C=O) groups excluding carboxylic acids is 1. The third kappa shape index (κ3) is 4.58. The van der Waals surface area contributed by atoms with E-state index in [4.69, 9.17) is 9.47 Å². The zero-order valence-electron chi connectivity index (χ0n) is 19.0. The first-order valence-corrected chi connectivity index (χ1v) is 11.4. The van der Waals surface area contributed by atoms with Crippen LogP contribution in [0.3, 0.4) is 0 Å². The molecule has 170 valence electrons. The Bertz CT molecular complexity index is 1290. The maximum Gasteiger partial charge on any atom is 0.230 e. The standard InChI is InChI=1S/C20H20N2O.C8H8O2.H2/c1-13-3-5-16(22-19(23)20(2)8-9-20)12-17(13)14-4-6-18-15(11-14)7-10-21-18;1-2-4-8-7(3-1)9-5-6-10-8;/h3-7,10-12,21H,8-9H2,1-2H3,(H,22,23);1-4H,5-6H2;1H. The number of aromatic amines is 1. The number of anilines is 1. The molecule has 1 aromatic heterocycles. The summed E-state index contributed by atoms with van der Waals surface area (Å²) in [6.45, 7) is 5.45. The zero-order valence-corrected chi connectivity index (χ0v) is 19.0. The fourth-order valence-corrected chi connectivity index (χ4v) is 3.92. The minimum atomic E-state index is -0.158. The molecule has 0 spiro atoms. The van der Waals surface area contributed by atoms with Gasteiger partial charge in [0, 0.05) is 24.2 Å². The number of rotatable bonds is 3.